The van der Waals surface area contributed by atoms with E-state index in [1.54, 1.807) is 28.0 Å². The van der Waals surface area contributed by atoms with E-state index >= 15 is 0 Å². The minimum atomic E-state index is -0.326. The van der Waals surface area contributed by atoms with Crippen LogP contribution in [0.15, 0.2) is 18.2 Å². The SMILES string of the molecule is COc1cccc(C2CN(C(=O)CC3CCN(C#N)C3)C2)c1F. The second-order valence-corrected chi connectivity index (χ2v) is 6.26. The molecule has 0 bridgehead atoms. The zero-order chi connectivity index (χ0) is 16.4. The van der Waals surface area contributed by atoms with E-state index in [4.69, 9.17) is 10.00 Å². The molecule has 0 radical (unpaired) electrons. The maximum absolute atomic E-state index is 14.2. The molecule has 0 spiro atoms. The summed E-state index contributed by atoms with van der Waals surface area (Å²) in [5, 5.41) is 8.85. The number of halogens is 1. The van der Waals surface area contributed by atoms with Gasteiger partial charge in [0.15, 0.2) is 17.8 Å². The molecule has 1 unspecified atom stereocenters. The summed E-state index contributed by atoms with van der Waals surface area (Å²) < 4.78 is 19.2. The topological polar surface area (TPSA) is 56.6 Å². The molecule has 6 heteroatoms. The van der Waals surface area contributed by atoms with E-state index in [1.165, 1.54) is 7.11 Å². The molecule has 2 aliphatic rings. The van der Waals surface area contributed by atoms with Gasteiger partial charge in [-0.05, 0) is 24.0 Å². The number of carbonyl (C=O) groups is 1. The van der Waals surface area contributed by atoms with Gasteiger partial charge in [-0.2, -0.15) is 5.26 Å². The lowest BCUT2D eigenvalue weighted by Gasteiger charge is -2.40. The summed E-state index contributed by atoms with van der Waals surface area (Å²) in [4.78, 5) is 15.7. The Labute approximate surface area is 135 Å². The van der Waals surface area contributed by atoms with Crippen LogP contribution < -0.4 is 4.74 Å². The fourth-order valence-electron chi connectivity index (χ4n) is 3.35. The summed E-state index contributed by atoms with van der Waals surface area (Å²) >= 11 is 0. The van der Waals surface area contributed by atoms with E-state index < -0.39 is 0 Å². The zero-order valence-electron chi connectivity index (χ0n) is 13.2. The predicted molar refractivity (Wildman–Crippen MR) is 82.2 cm³/mol. The van der Waals surface area contributed by atoms with Gasteiger partial charge in [-0.1, -0.05) is 12.1 Å². The molecule has 2 aliphatic heterocycles. The van der Waals surface area contributed by atoms with Gasteiger partial charge in [0.2, 0.25) is 5.91 Å². The quantitative estimate of drug-likeness (QED) is 0.797. The summed E-state index contributed by atoms with van der Waals surface area (Å²) in [6.45, 7) is 2.52. The normalized spacial score (nSPS) is 21.0. The van der Waals surface area contributed by atoms with Crippen molar-refractivity contribution in [3.05, 3.63) is 29.6 Å². The van der Waals surface area contributed by atoms with Crippen molar-refractivity contribution in [2.45, 2.75) is 18.8 Å². The molecule has 3 rings (SSSR count). The van der Waals surface area contributed by atoms with E-state index in [2.05, 4.69) is 6.19 Å². The van der Waals surface area contributed by atoms with Crippen molar-refractivity contribution in [2.75, 3.05) is 33.3 Å². The molecule has 1 aromatic rings. The van der Waals surface area contributed by atoms with Crippen LogP contribution in [0.3, 0.4) is 0 Å². The molecular weight excluding hydrogens is 297 g/mol. The van der Waals surface area contributed by atoms with Gasteiger partial charge in [0, 0.05) is 38.5 Å². The van der Waals surface area contributed by atoms with Crippen LogP contribution in [-0.2, 0) is 4.79 Å². The van der Waals surface area contributed by atoms with E-state index in [-0.39, 0.29) is 29.3 Å². The average Bonchev–Trinajstić information content (AvgIpc) is 2.95. The van der Waals surface area contributed by atoms with Gasteiger partial charge < -0.3 is 14.5 Å². The third-order valence-electron chi connectivity index (χ3n) is 4.78. The Balaban J connectivity index is 1.53. The minimum Gasteiger partial charge on any atom is -0.494 e. The Bertz CT molecular complexity index is 637. The van der Waals surface area contributed by atoms with E-state index in [1.807, 2.05) is 0 Å². The minimum absolute atomic E-state index is 0.0354. The highest BCUT2D eigenvalue weighted by molar-refractivity contribution is 5.77. The first-order valence-corrected chi connectivity index (χ1v) is 7.87. The predicted octanol–water partition coefficient (Wildman–Crippen LogP) is 1.95. The highest BCUT2D eigenvalue weighted by Gasteiger charge is 2.35. The lowest BCUT2D eigenvalue weighted by atomic mass is 9.90. The third kappa shape index (κ3) is 3.09. The molecule has 0 aromatic heterocycles. The van der Waals surface area contributed by atoms with Gasteiger partial charge in [-0.3, -0.25) is 4.79 Å². The summed E-state index contributed by atoms with van der Waals surface area (Å²) in [7, 11) is 1.45. The summed E-state index contributed by atoms with van der Waals surface area (Å²) in [5.74, 6) is 0.319. The van der Waals surface area contributed by atoms with Gasteiger partial charge in [0.05, 0.1) is 7.11 Å². The molecule has 0 aliphatic carbocycles. The number of ether oxygens (including phenoxy) is 1. The van der Waals surface area contributed by atoms with Crippen LogP contribution in [0.5, 0.6) is 5.75 Å². The fourth-order valence-corrected chi connectivity index (χ4v) is 3.35. The third-order valence-corrected chi connectivity index (χ3v) is 4.78. The molecule has 1 aromatic carbocycles. The second-order valence-electron chi connectivity index (χ2n) is 6.26. The Morgan fingerprint density at radius 2 is 2.22 bits per heavy atom. The molecular formula is C17H20FN3O2. The smallest absolute Gasteiger partial charge is 0.222 e. The van der Waals surface area contributed by atoms with Gasteiger partial charge in [0.1, 0.15) is 0 Å². The first kappa shape index (κ1) is 15.6. The first-order valence-electron chi connectivity index (χ1n) is 7.87. The van der Waals surface area contributed by atoms with Crippen LogP contribution >= 0.6 is 0 Å². The molecule has 0 saturated carbocycles. The molecule has 23 heavy (non-hydrogen) atoms. The Kier molecular flexibility index (Phi) is 4.37. The summed E-state index contributed by atoms with van der Waals surface area (Å²) in [6, 6.07) is 5.13. The van der Waals surface area contributed by atoms with Crippen molar-refractivity contribution in [3.63, 3.8) is 0 Å². The maximum atomic E-state index is 14.2. The van der Waals surface area contributed by atoms with E-state index in [9.17, 15) is 9.18 Å². The van der Waals surface area contributed by atoms with Crippen molar-refractivity contribution in [3.8, 4) is 11.9 Å². The van der Waals surface area contributed by atoms with Gasteiger partial charge >= 0.3 is 0 Å². The largest absolute Gasteiger partial charge is 0.494 e. The Morgan fingerprint density at radius 3 is 2.87 bits per heavy atom. The number of benzene rings is 1. The Hall–Kier alpha value is -2.29. The van der Waals surface area contributed by atoms with E-state index in [0.717, 1.165) is 13.0 Å². The second kappa shape index (κ2) is 6.45. The molecule has 1 atom stereocenters. The number of rotatable bonds is 4. The van der Waals surface area contributed by atoms with Crippen molar-refractivity contribution >= 4 is 5.91 Å². The van der Waals surface area contributed by atoms with Crippen molar-refractivity contribution in [1.82, 2.24) is 9.80 Å². The van der Waals surface area contributed by atoms with Crippen LogP contribution in [-0.4, -0.2) is 49.0 Å². The number of hydrogen-bond acceptors (Lipinski definition) is 4. The molecule has 2 fully saturated rings. The van der Waals surface area contributed by atoms with Gasteiger partial charge in [-0.25, -0.2) is 4.39 Å². The van der Waals surface area contributed by atoms with Crippen molar-refractivity contribution in [1.29, 1.82) is 5.26 Å². The number of methoxy groups -OCH3 is 1. The molecule has 2 saturated heterocycles. The zero-order valence-corrected chi connectivity index (χ0v) is 13.2. The monoisotopic (exact) mass is 317 g/mol. The van der Waals surface area contributed by atoms with Crippen LogP contribution in [0.1, 0.15) is 24.3 Å². The highest BCUT2D eigenvalue weighted by atomic mass is 19.1. The summed E-state index contributed by atoms with van der Waals surface area (Å²) in [5.41, 5.74) is 0.616. The molecule has 122 valence electrons. The molecule has 0 N–H and O–H groups in total. The van der Waals surface area contributed by atoms with Crippen LogP contribution in [0.2, 0.25) is 0 Å². The van der Waals surface area contributed by atoms with Gasteiger partial charge in [-0.15, -0.1) is 0 Å². The Morgan fingerprint density at radius 1 is 1.43 bits per heavy atom. The lowest BCUT2D eigenvalue weighted by Crippen LogP contribution is -2.49. The molecule has 1 amide bonds. The summed E-state index contributed by atoms with van der Waals surface area (Å²) in [6.07, 6.45) is 3.49. The lowest BCUT2D eigenvalue weighted by molar-refractivity contribution is -0.136. The molecule has 5 nitrogen and oxygen atoms in total. The standard InChI is InChI=1S/C17H20FN3O2/c1-23-15-4-2-3-14(17(15)18)13-9-21(10-13)16(22)7-12-5-6-20(8-12)11-19/h2-4,12-13H,5-10H2,1H3. The number of hydrogen-bond donors (Lipinski definition) is 0. The van der Waals surface area contributed by atoms with Crippen LogP contribution in [0.4, 0.5) is 4.39 Å². The van der Waals surface area contributed by atoms with Gasteiger partial charge in [0.25, 0.3) is 0 Å². The number of amides is 1. The average molecular weight is 317 g/mol. The number of likely N-dealkylation sites (tertiary alicyclic amines) is 2. The maximum Gasteiger partial charge on any atom is 0.222 e. The number of nitriles is 1. The van der Waals surface area contributed by atoms with Crippen LogP contribution in [0, 0.1) is 23.2 Å². The van der Waals surface area contributed by atoms with E-state index in [0.29, 0.717) is 31.6 Å². The number of nitrogens with zero attached hydrogens (tertiary/aromatic N) is 3. The fraction of sp³-hybridized carbons (Fsp3) is 0.529. The first-order chi connectivity index (χ1) is 11.1. The van der Waals surface area contributed by atoms with Crippen molar-refractivity contribution in [2.24, 2.45) is 5.92 Å². The molecule has 2 heterocycles. The highest BCUT2D eigenvalue weighted by Crippen LogP contribution is 2.33. The van der Waals surface area contributed by atoms with Crippen molar-refractivity contribution < 1.29 is 13.9 Å². The van der Waals surface area contributed by atoms with Crippen LogP contribution in [0.25, 0.3) is 0 Å². The number of carbonyl (C=O) groups excluding carboxylic acids is 1.